The quantitative estimate of drug-likeness (QED) is 0.0571. The van der Waals surface area contributed by atoms with Gasteiger partial charge >= 0.3 is 6.03 Å². The second-order valence-corrected chi connectivity index (χ2v) is 13.5. The van der Waals surface area contributed by atoms with Crippen LogP contribution in [0.25, 0.3) is 0 Å². The van der Waals surface area contributed by atoms with Crippen molar-refractivity contribution in [2.45, 2.75) is 90.6 Å². The van der Waals surface area contributed by atoms with Crippen LogP contribution in [-0.4, -0.2) is 125 Å². The summed E-state index contributed by atoms with van der Waals surface area (Å²) in [6.07, 6.45) is 1.16. The SMILES string of the molecule is CCC(C)C(=O)C(CSC(C)C)NC(=O)C(CCCNC(N)=O)NC(=O)C(NC(=O)CCOCCOCCOCCOCCN)C(C)C. The molecule has 0 aliphatic heterocycles. The molecule has 4 atom stereocenters. The number of carbonyl (C=O) groups excluding carboxylic acids is 5. The Morgan fingerprint density at radius 2 is 1.27 bits per heavy atom. The van der Waals surface area contributed by atoms with Crippen molar-refractivity contribution in [3.8, 4) is 0 Å². The number of hydrogen-bond acceptors (Lipinski definition) is 11. The third-order valence-corrected chi connectivity index (χ3v) is 8.27. The number of amides is 5. The fourth-order valence-electron chi connectivity index (χ4n) is 4.14. The van der Waals surface area contributed by atoms with Crippen LogP contribution in [0.3, 0.4) is 0 Å². The average molecular weight is 707 g/mol. The second kappa shape index (κ2) is 28.3. The molecule has 0 rings (SSSR count). The Morgan fingerprint density at radius 1 is 0.729 bits per heavy atom. The molecule has 16 heteroatoms. The lowest BCUT2D eigenvalue weighted by Gasteiger charge is -2.27. The maximum Gasteiger partial charge on any atom is 0.312 e. The number of hydrogen-bond donors (Lipinski definition) is 6. The smallest absolute Gasteiger partial charge is 0.312 e. The molecule has 0 fully saturated rings. The Balaban J connectivity index is 5.07. The van der Waals surface area contributed by atoms with Gasteiger partial charge in [-0.05, 0) is 30.4 Å². The maximum atomic E-state index is 13.5. The number of urea groups is 1. The Labute approximate surface area is 290 Å². The van der Waals surface area contributed by atoms with Gasteiger partial charge in [-0.15, -0.1) is 0 Å². The van der Waals surface area contributed by atoms with E-state index in [0.717, 1.165) is 0 Å². The molecule has 8 N–H and O–H groups in total. The van der Waals surface area contributed by atoms with Gasteiger partial charge in [-0.1, -0.05) is 41.5 Å². The normalized spacial score (nSPS) is 13.9. The topological polar surface area (TPSA) is 222 Å². The van der Waals surface area contributed by atoms with E-state index in [4.69, 9.17) is 30.4 Å². The Morgan fingerprint density at radius 3 is 1.77 bits per heavy atom. The highest BCUT2D eigenvalue weighted by Gasteiger charge is 2.31. The van der Waals surface area contributed by atoms with Crippen molar-refractivity contribution in [3.05, 3.63) is 0 Å². The predicted octanol–water partition coefficient (Wildman–Crippen LogP) is 0.717. The van der Waals surface area contributed by atoms with Crippen LogP contribution in [0.1, 0.15) is 67.2 Å². The molecular formula is C32H62N6O9S. The van der Waals surface area contributed by atoms with Crippen molar-refractivity contribution >= 4 is 41.3 Å². The van der Waals surface area contributed by atoms with Gasteiger partial charge in [-0.2, -0.15) is 11.8 Å². The standard InChI is InChI=1S/C32H62N6O9S/c1-7-24(6)29(40)26(21-48-23(4)5)37-30(41)25(9-8-12-35-32(34)43)36-31(42)28(22(2)3)38-27(39)10-13-44-15-17-46-19-20-47-18-16-45-14-11-33/h22-26,28H,7-21,33H2,1-6H3,(H,36,42)(H,37,41)(H,38,39)(H3,34,35,43). The third-order valence-electron chi connectivity index (χ3n) is 7.07. The minimum atomic E-state index is -1.01. The average Bonchev–Trinajstić information content (AvgIpc) is 3.04. The molecule has 280 valence electrons. The van der Waals surface area contributed by atoms with E-state index in [1.807, 2.05) is 27.7 Å². The van der Waals surface area contributed by atoms with Crippen LogP contribution < -0.4 is 32.7 Å². The number of Topliss-reactive ketones (excluding diaryl/α,β-unsaturated/α-hetero) is 1. The first-order chi connectivity index (χ1) is 22.8. The van der Waals surface area contributed by atoms with Crippen LogP contribution in [0, 0.1) is 11.8 Å². The van der Waals surface area contributed by atoms with Crippen LogP contribution in [-0.2, 0) is 38.1 Å². The number of primary amides is 1. The molecular weight excluding hydrogens is 644 g/mol. The van der Waals surface area contributed by atoms with Gasteiger partial charge in [0, 0.05) is 31.2 Å². The van der Waals surface area contributed by atoms with Crippen LogP contribution in [0.4, 0.5) is 4.79 Å². The summed E-state index contributed by atoms with van der Waals surface area (Å²) in [7, 11) is 0. The molecule has 0 aromatic heterocycles. The number of nitrogens with one attached hydrogen (secondary N) is 4. The predicted molar refractivity (Wildman–Crippen MR) is 186 cm³/mol. The highest BCUT2D eigenvalue weighted by atomic mass is 32.2. The Hall–Kier alpha value is -2.50. The minimum Gasteiger partial charge on any atom is -0.379 e. The fraction of sp³-hybridized carbons (Fsp3) is 0.844. The van der Waals surface area contributed by atoms with E-state index in [1.54, 1.807) is 25.6 Å². The van der Waals surface area contributed by atoms with E-state index in [1.165, 1.54) is 0 Å². The van der Waals surface area contributed by atoms with Gasteiger partial charge in [-0.3, -0.25) is 19.2 Å². The van der Waals surface area contributed by atoms with Crippen LogP contribution in [0.2, 0.25) is 0 Å². The van der Waals surface area contributed by atoms with Crippen LogP contribution >= 0.6 is 11.8 Å². The zero-order valence-electron chi connectivity index (χ0n) is 29.8. The fourth-order valence-corrected chi connectivity index (χ4v) is 4.96. The van der Waals surface area contributed by atoms with E-state index in [2.05, 4.69) is 21.3 Å². The summed E-state index contributed by atoms with van der Waals surface area (Å²) < 4.78 is 21.5. The van der Waals surface area contributed by atoms with Crippen molar-refractivity contribution in [1.29, 1.82) is 0 Å². The third kappa shape index (κ3) is 23.0. The van der Waals surface area contributed by atoms with Crippen molar-refractivity contribution < 1.29 is 42.9 Å². The first-order valence-electron chi connectivity index (χ1n) is 16.9. The van der Waals surface area contributed by atoms with Gasteiger partial charge in [0.05, 0.1) is 58.9 Å². The van der Waals surface area contributed by atoms with E-state index in [9.17, 15) is 24.0 Å². The minimum absolute atomic E-state index is 0.0258. The zero-order valence-corrected chi connectivity index (χ0v) is 30.6. The highest BCUT2D eigenvalue weighted by molar-refractivity contribution is 7.99. The molecule has 4 unspecified atom stereocenters. The summed E-state index contributed by atoms with van der Waals surface area (Å²) in [5, 5.41) is 11.1. The lowest BCUT2D eigenvalue weighted by molar-refractivity contribution is -0.134. The van der Waals surface area contributed by atoms with Crippen LogP contribution in [0.15, 0.2) is 0 Å². The molecule has 0 heterocycles. The first kappa shape index (κ1) is 45.5. The van der Waals surface area contributed by atoms with E-state index >= 15 is 0 Å². The van der Waals surface area contributed by atoms with Crippen LogP contribution in [0.5, 0.6) is 0 Å². The Kier molecular flexibility index (Phi) is 26.9. The van der Waals surface area contributed by atoms with Gasteiger partial charge in [0.2, 0.25) is 17.7 Å². The summed E-state index contributed by atoms with van der Waals surface area (Å²) >= 11 is 1.56. The number of carbonyl (C=O) groups is 5. The van der Waals surface area contributed by atoms with Gasteiger partial charge < -0.3 is 51.7 Å². The summed E-state index contributed by atoms with van der Waals surface area (Å²) in [5.41, 5.74) is 10.5. The molecule has 0 aromatic carbocycles. The molecule has 0 aromatic rings. The van der Waals surface area contributed by atoms with Crippen molar-refractivity contribution in [1.82, 2.24) is 21.3 Å². The van der Waals surface area contributed by atoms with Gasteiger partial charge in [0.15, 0.2) is 5.78 Å². The van der Waals surface area contributed by atoms with Crippen molar-refractivity contribution in [2.24, 2.45) is 23.3 Å². The Bertz CT molecular complexity index is 929. The largest absolute Gasteiger partial charge is 0.379 e. The summed E-state index contributed by atoms with van der Waals surface area (Å²) in [6.45, 7) is 15.0. The first-order valence-corrected chi connectivity index (χ1v) is 18.0. The van der Waals surface area contributed by atoms with Crippen molar-refractivity contribution in [3.63, 3.8) is 0 Å². The maximum absolute atomic E-state index is 13.5. The summed E-state index contributed by atoms with van der Waals surface area (Å²) in [4.78, 5) is 63.9. The molecule has 0 bridgehead atoms. The number of thioether (sulfide) groups is 1. The molecule has 0 aliphatic carbocycles. The van der Waals surface area contributed by atoms with Crippen molar-refractivity contribution in [2.75, 3.05) is 71.7 Å². The number of nitrogens with two attached hydrogens (primary N) is 2. The van der Waals surface area contributed by atoms with E-state index in [-0.39, 0.29) is 54.8 Å². The highest BCUT2D eigenvalue weighted by Crippen LogP contribution is 2.15. The lowest BCUT2D eigenvalue weighted by Crippen LogP contribution is -2.57. The molecule has 0 aliphatic rings. The molecule has 0 saturated carbocycles. The zero-order chi connectivity index (χ0) is 36.3. The number of ether oxygens (including phenoxy) is 4. The number of rotatable bonds is 30. The van der Waals surface area contributed by atoms with E-state index < -0.39 is 36.0 Å². The molecule has 5 amide bonds. The summed E-state index contributed by atoms with van der Waals surface area (Å²) in [5.74, 6) is -1.65. The lowest BCUT2D eigenvalue weighted by atomic mass is 9.97. The molecule has 48 heavy (non-hydrogen) atoms. The second-order valence-electron chi connectivity index (χ2n) is 11.9. The monoisotopic (exact) mass is 706 g/mol. The van der Waals surface area contributed by atoms with E-state index in [0.29, 0.717) is 71.4 Å². The molecule has 0 radical (unpaired) electrons. The van der Waals surface area contributed by atoms with Gasteiger partial charge in [0.25, 0.3) is 0 Å². The van der Waals surface area contributed by atoms with Gasteiger partial charge in [0.1, 0.15) is 12.1 Å². The van der Waals surface area contributed by atoms with Gasteiger partial charge in [-0.25, -0.2) is 4.79 Å². The molecule has 0 saturated heterocycles. The summed E-state index contributed by atoms with van der Waals surface area (Å²) in [6, 6.07) is -3.36. The molecule has 15 nitrogen and oxygen atoms in total. The number of ketones is 1. The molecule has 0 spiro atoms.